The second-order valence-corrected chi connectivity index (χ2v) is 9.88. The van der Waals surface area contributed by atoms with Crippen molar-refractivity contribution in [1.29, 1.82) is 0 Å². The fourth-order valence-corrected chi connectivity index (χ4v) is 5.04. The molecule has 12 heteroatoms. The van der Waals surface area contributed by atoms with E-state index in [4.69, 9.17) is 14.1 Å². The number of carbonyl (C=O) groups is 1. The van der Waals surface area contributed by atoms with Crippen molar-refractivity contribution in [3.05, 3.63) is 85.0 Å². The number of aromatic amines is 1. The molecule has 10 nitrogen and oxygen atoms in total. The first kappa shape index (κ1) is 27.8. The van der Waals surface area contributed by atoms with Gasteiger partial charge < -0.3 is 24.1 Å². The van der Waals surface area contributed by atoms with Gasteiger partial charge in [-0.25, -0.2) is 18.7 Å². The largest absolute Gasteiger partial charge is 0.490 e. The van der Waals surface area contributed by atoms with E-state index in [1.54, 1.807) is 25.4 Å². The fourth-order valence-electron chi connectivity index (χ4n) is 5.04. The second-order valence-electron chi connectivity index (χ2n) is 9.88. The highest BCUT2D eigenvalue weighted by Crippen LogP contribution is 2.45. The van der Waals surface area contributed by atoms with E-state index in [1.165, 1.54) is 6.26 Å². The number of rotatable bonds is 9. The van der Waals surface area contributed by atoms with Crippen LogP contribution < -0.4 is 10.1 Å². The Labute approximate surface area is 243 Å². The zero-order chi connectivity index (χ0) is 30.2. The molecule has 1 atom stereocenters. The number of furan rings is 1. The number of pyridine rings is 1. The Bertz CT molecular complexity index is 2010. The van der Waals surface area contributed by atoms with Crippen LogP contribution in [0.15, 0.2) is 72.1 Å². The van der Waals surface area contributed by atoms with Crippen LogP contribution in [-0.2, 0) is 11.8 Å². The lowest BCUT2D eigenvalue weighted by Crippen LogP contribution is -2.24. The number of ether oxygens (including phenoxy) is 1. The number of H-pyrrole nitrogens is 1. The monoisotopic (exact) mass is 584 g/mol. The number of aliphatic hydroxyl groups is 1. The topological polar surface area (TPSA) is 131 Å². The Morgan fingerprint density at radius 2 is 2.05 bits per heavy atom. The molecule has 3 N–H and O–H groups in total. The number of imidazole rings is 1. The van der Waals surface area contributed by atoms with Gasteiger partial charge in [0.05, 0.1) is 47.5 Å². The second kappa shape index (κ2) is 11.1. The van der Waals surface area contributed by atoms with Gasteiger partial charge in [-0.05, 0) is 37.3 Å². The third kappa shape index (κ3) is 5.01. The molecule has 43 heavy (non-hydrogen) atoms. The quantitative estimate of drug-likeness (QED) is 0.193. The number of nitrogens with one attached hydrogen (secondary N) is 2. The maximum atomic E-state index is 15.7. The molecule has 4 heterocycles. The summed E-state index contributed by atoms with van der Waals surface area (Å²) in [6, 6.07) is 10.4. The minimum Gasteiger partial charge on any atom is -0.490 e. The summed E-state index contributed by atoms with van der Waals surface area (Å²) in [7, 11) is 1.90. The van der Waals surface area contributed by atoms with Crippen molar-refractivity contribution < 1.29 is 27.8 Å². The third-order valence-corrected chi connectivity index (χ3v) is 7.08. The standard InChI is InChI=1S/C31H26F2N6O4/c1-4-26(41)35-16(2)21-14-23(38-37-21)30-27(28-20(33)12-18(32)13-25(28)42-10-8-40)19-7-9-43-31(19)29(36-30)17-5-6-24-22(11-17)34-15-39(24)3/h4-7,9,11-16,40H,1,8,10H2,2-3H3,(H,35,41)(H,37,38). The van der Waals surface area contributed by atoms with E-state index < -0.39 is 17.7 Å². The molecule has 0 bridgehead atoms. The Morgan fingerprint density at radius 3 is 2.84 bits per heavy atom. The summed E-state index contributed by atoms with van der Waals surface area (Å²) in [6.07, 6.45) is 4.33. The van der Waals surface area contributed by atoms with Crippen LogP contribution in [0, 0.1) is 11.6 Å². The minimum absolute atomic E-state index is 0.0759. The predicted octanol–water partition coefficient (Wildman–Crippen LogP) is 5.45. The summed E-state index contributed by atoms with van der Waals surface area (Å²) >= 11 is 0. The predicted molar refractivity (Wildman–Crippen MR) is 156 cm³/mol. The van der Waals surface area contributed by atoms with Gasteiger partial charge in [0.15, 0.2) is 5.58 Å². The number of hydrogen-bond donors (Lipinski definition) is 3. The van der Waals surface area contributed by atoms with Gasteiger partial charge in [0, 0.05) is 35.7 Å². The highest BCUT2D eigenvalue weighted by Gasteiger charge is 2.27. The lowest BCUT2D eigenvalue weighted by molar-refractivity contribution is -0.117. The molecule has 0 saturated heterocycles. The summed E-state index contributed by atoms with van der Waals surface area (Å²) in [6.45, 7) is 4.69. The number of carbonyl (C=O) groups excluding carboxylic acids is 1. The maximum absolute atomic E-state index is 15.7. The number of amides is 1. The van der Waals surface area contributed by atoms with Gasteiger partial charge in [-0.1, -0.05) is 12.6 Å². The first-order chi connectivity index (χ1) is 20.8. The van der Waals surface area contributed by atoms with E-state index in [0.717, 1.165) is 29.2 Å². The molecular formula is C31H26F2N6O4. The molecule has 2 aromatic carbocycles. The van der Waals surface area contributed by atoms with Crippen molar-refractivity contribution in [3.8, 4) is 39.5 Å². The molecule has 0 fully saturated rings. The van der Waals surface area contributed by atoms with Crippen molar-refractivity contribution >= 4 is 27.9 Å². The number of aryl methyl sites for hydroxylation is 1. The molecule has 0 saturated carbocycles. The summed E-state index contributed by atoms with van der Waals surface area (Å²) in [5, 5.41) is 20.0. The molecule has 0 spiro atoms. The zero-order valence-corrected chi connectivity index (χ0v) is 23.2. The molecule has 1 unspecified atom stereocenters. The van der Waals surface area contributed by atoms with Gasteiger partial charge in [0.1, 0.15) is 41.1 Å². The van der Waals surface area contributed by atoms with Crippen LogP contribution in [0.5, 0.6) is 5.75 Å². The summed E-state index contributed by atoms with van der Waals surface area (Å²) < 4.78 is 43.5. The van der Waals surface area contributed by atoms with Crippen molar-refractivity contribution in [1.82, 2.24) is 30.0 Å². The average molecular weight is 585 g/mol. The number of nitrogens with zero attached hydrogens (tertiary/aromatic N) is 4. The van der Waals surface area contributed by atoms with Gasteiger partial charge in [0.25, 0.3) is 0 Å². The minimum atomic E-state index is -0.900. The van der Waals surface area contributed by atoms with E-state index in [1.807, 2.05) is 29.8 Å². The maximum Gasteiger partial charge on any atom is 0.243 e. The molecular weight excluding hydrogens is 558 g/mol. The van der Waals surface area contributed by atoms with Crippen LogP contribution in [-0.4, -0.2) is 49.0 Å². The fraction of sp³-hybridized carbons (Fsp3) is 0.161. The molecule has 0 aliphatic carbocycles. The number of aliphatic hydroxyl groups excluding tert-OH is 1. The molecule has 4 aromatic heterocycles. The summed E-state index contributed by atoms with van der Waals surface area (Å²) in [5.41, 5.74) is 4.45. The SMILES string of the molecule is C=CC(=O)NC(C)c1cc(-c2nc(-c3ccc4c(c3)ncn4C)c3occc3c2-c2c(F)cc(F)cc2OCCO)n[nH]1. The van der Waals surface area contributed by atoms with Crippen LogP contribution in [0.3, 0.4) is 0 Å². The lowest BCUT2D eigenvalue weighted by atomic mass is 9.95. The van der Waals surface area contributed by atoms with Crippen LogP contribution in [0.4, 0.5) is 8.78 Å². The van der Waals surface area contributed by atoms with Crippen LogP contribution >= 0.6 is 0 Å². The number of halogens is 2. The normalized spacial score (nSPS) is 12.1. The van der Waals surface area contributed by atoms with Gasteiger partial charge in [0.2, 0.25) is 5.91 Å². The average Bonchev–Trinajstić information content (AvgIpc) is 3.76. The van der Waals surface area contributed by atoms with Crippen LogP contribution in [0.25, 0.3) is 55.8 Å². The van der Waals surface area contributed by atoms with Gasteiger partial charge in [-0.15, -0.1) is 0 Å². The molecule has 6 aromatic rings. The summed E-state index contributed by atoms with van der Waals surface area (Å²) in [5.74, 6) is -2.24. The molecule has 0 aliphatic rings. The van der Waals surface area contributed by atoms with Crippen molar-refractivity contribution in [2.45, 2.75) is 13.0 Å². The smallest absolute Gasteiger partial charge is 0.243 e. The van der Waals surface area contributed by atoms with Crippen molar-refractivity contribution in [3.63, 3.8) is 0 Å². The number of aromatic nitrogens is 5. The third-order valence-electron chi connectivity index (χ3n) is 7.08. The molecule has 0 aliphatic heterocycles. The number of hydrogen-bond acceptors (Lipinski definition) is 7. The van der Waals surface area contributed by atoms with E-state index >= 15 is 4.39 Å². The molecule has 6 rings (SSSR count). The van der Waals surface area contributed by atoms with E-state index in [9.17, 15) is 14.3 Å². The van der Waals surface area contributed by atoms with Crippen LogP contribution in [0.2, 0.25) is 0 Å². The molecule has 1 amide bonds. The van der Waals surface area contributed by atoms with E-state index in [-0.39, 0.29) is 41.7 Å². The molecule has 218 valence electrons. The van der Waals surface area contributed by atoms with Gasteiger partial charge in [-0.2, -0.15) is 5.10 Å². The summed E-state index contributed by atoms with van der Waals surface area (Å²) in [4.78, 5) is 21.3. The van der Waals surface area contributed by atoms with E-state index in [2.05, 4.69) is 27.1 Å². The van der Waals surface area contributed by atoms with Gasteiger partial charge in [-0.3, -0.25) is 9.89 Å². The van der Waals surface area contributed by atoms with Crippen molar-refractivity contribution in [2.24, 2.45) is 7.05 Å². The Kier molecular flexibility index (Phi) is 7.20. The van der Waals surface area contributed by atoms with E-state index in [0.29, 0.717) is 33.6 Å². The Hall–Kier alpha value is -5.36. The highest BCUT2D eigenvalue weighted by molar-refractivity contribution is 6.07. The van der Waals surface area contributed by atoms with Crippen LogP contribution in [0.1, 0.15) is 18.7 Å². The van der Waals surface area contributed by atoms with Gasteiger partial charge >= 0.3 is 0 Å². The number of benzene rings is 2. The first-order valence-electron chi connectivity index (χ1n) is 13.3. The molecule has 0 radical (unpaired) electrons. The van der Waals surface area contributed by atoms with Crippen molar-refractivity contribution in [2.75, 3.05) is 13.2 Å². The Balaban J connectivity index is 1.63. The highest BCUT2D eigenvalue weighted by atomic mass is 19.1. The zero-order valence-electron chi connectivity index (χ0n) is 23.2. The Morgan fingerprint density at radius 1 is 1.21 bits per heavy atom. The lowest BCUT2D eigenvalue weighted by Gasteiger charge is -2.17. The first-order valence-corrected chi connectivity index (χ1v) is 13.3. The number of fused-ring (bicyclic) bond motifs is 2.